The van der Waals surface area contributed by atoms with Crippen LogP contribution in [0.3, 0.4) is 0 Å². The molecule has 0 unspecified atom stereocenters. The van der Waals surface area contributed by atoms with Crippen molar-refractivity contribution in [3.8, 4) is 0 Å². The van der Waals surface area contributed by atoms with Gasteiger partial charge in [0, 0.05) is 24.5 Å². The van der Waals surface area contributed by atoms with Crippen LogP contribution in [0.15, 0.2) is 108 Å². The maximum absolute atomic E-state index is 14.4. The first-order chi connectivity index (χ1) is 20.6. The van der Waals surface area contributed by atoms with E-state index in [9.17, 15) is 18.0 Å². The topological polar surface area (TPSA) is 86.8 Å². The van der Waals surface area contributed by atoms with Crippen LogP contribution in [0.1, 0.15) is 29.2 Å². The Bertz CT molecular complexity index is 1660. The average molecular weight is 618 g/mol. The molecule has 0 aliphatic carbocycles. The molecule has 1 N–H and O–H groups in total. The van der Waals surface area contributed by atoms with Gasteiger partial charge in [0.25, 0.3) is 10.0 Å². The molecular weight excluding hydrogens is 582 g/mol. The molecule has 0 aromatic heterocycles. The molecule has 4 aromatic carbocycles. The number of halogens is 1. The van der Waals surface area contributed by atoms with Crippen LogP contribution in [0.2, 0.25) is 5.02 Å². The van der Waals surface area contributed by atoms with E-state index in [4.69, 9.17) is 11.6 Å². The monoisotopic (exact) mass is 617 g/mol. The summed E-state index contributed by atoms with van der Waals surface area (Å²) in [7, 11) is -4.18. The van der Waals surface area contributed by atoms with Crippen LogP contribution in [-0.4, -0.2) is 44.3 Å². The lowest BCUT2D eigenvalue weighted by Crippen LogP contribution is -2.53. The average Bonchev–Trinajstić information content (AvgIpc) is 3.01. The molecule has 0 spiro atoms. The number of nitrogens with zero attached hydrogens (tertiary/aromatic N) is 2. The number of aryl methyl sites for hydroxylation is 2. The normalized spacial score (nSPS) is 11.9. The minimum atomic E-state index is -4.18. The Morgan fingerprint density at radius 2 is 1.47 bits per heavy atom. The fraction of sp³-hybridized carbons (Fsp3) is 0.235. The molecule has 0 saturated carbocycles. The Morgan fingerprint density at radius 3 is 2.09 bits per heavy atom. The van der Waals surface area contributed by atoms with Crippen LogP contribution in [0, 0.1) is 13.8 Å². The fourth-order valence-electron chi connectivity index (χ4n) is 4.80. The first kappa shape index (κ1) is 31.8. The van der Waals surface area contributed by atoms with Gasteiger partial charge in [-0.25, -0.2) is 8.42 Å². The summed E-state index contributed by atoms with van der Waals surface area (Å²) in [6.45, 7) is 5.54. The molecule has 4 rings (SSSR count). The van der Waals surface area contributed by atoms with Crippen LogP contribution >= 0.6 is 11.6 Å². The zero-order valence-corrected chi connectivity index (χ0v) is 26.1. The SMILES string of the molecule is CCNC(=O)[C@H](Cc1ccccc1)N(Cc1ccccc1C)C(=O)CN(c1ccc(C)c(Cl)c1)S(=O)(=O)c1ccccc1. The molecule has 0 heterocycles. The van der Waals surface area contributed by atoms with E-state index in [1.807, 2.05) is 75.4 Å². The number of benzene rings is 4. The number of carbonyl (C=O) groups excluding carboxylic acids is 2. The number of likely N-dealkylation sites (N-methyl/N-ethyl adjacent to an activating group) is 1. The first-order valence-electron chi connectivity index (χ1n) is 14.1. The number of hydrogen-bond acceptors (Lipinski definition) is 4. The van der Waals surface area contributed by atoms with Gasteiger partial charge in [-0.3, -0.25) is 13.9 Å². The van der Waals surface area contributed by atoms with Crippen molar-refractivity contribution in [2.24, 2.45) is 0 Å². The molecule has 0 fully saturated rings. The van der Waals surface area contributed by atoms with Crippen molar-refractivity contribution in [3.05, 3.63) is 130 Å². The second-order valence-electron chi connectivity index (χ2n) is 10.3. The highest BCUT2D eigenvalue weighted by molar-refractivity contribution is 7.92. The van der Waals surface area contributed by atoms with E-state index in [1.54, 1.807) is 36.4 Å². The number of carbonyl (C=O) groups is 2. The van der Waals surface area contributed by atoms with E-state index in [0.717, 1.165) is 26.6 Å². The molecule has 4 aromatic rings. The van der Waals surface area contributed by atoms with E-state index < -0.39 is 28.5 Å². The predicted molar refractivity (Wildman–Crippen MR) is 172 cm³/mol. The summed E-state index contributed by atoms with van der Waals surface area (Å²) in [6, 6.07) is 29.1. The molecule has 0 radical (unpaired) electrons. The van der Waals surface area contributed by atoms with Gasteiger partial charge in [0.2, 0.25) is 11.8 Å². The Labute approximate surface area is 259 Å². The maximum atomic E-state index is 14.4. The van der Waals surface area contributed by atoms with Gasteiger partial charge in [0.15, 0.2) is 0 Å². The van der Waals surface area contributed by atoms with Gasteiger partial charge in [-0.1, -0.05) is 90.5 Å². The first-order valence-corrected chi connectivity index (χ1v) is 15.9. The number of hydrogen-bond donors (Lipinski definition) is 1. The molecule has 9 heteroatoms. The van der Waals surface area contributed by atoms with Gasteiger partial charge in [0.1, 0.15) is 12.6 Å². The molecule has 224 valence electrons. The molecule has 0 aliphatic heterocycles. The van der Waals surface area contributed by atoms with Crippen LogP contribution in [0.25, 0.3) is 0 Å². The van der Waals surface area contributed by atoms with Crippen LogP contribution in [0.5, 0.6) is 0 Å². The third-order valence-electron chi connectivity index (χ3n) is 7.28. The lowest BCUT2D eigenvalue weighted by atomic mass is 10.0. The lowest BCUT2D eigenvalue weighted by molar-refractivity contribution is -0.140. The fourth-order valence-corrected chi connectivity index (χ4v) is 6.40. The van der Waals surface area contributed by atoms with Gasteiger partial charge in [-0.05, 0) is 67.3 Å². The van der Waals surface area contributed by atoms with Crippen LogP contribution in [-0.2, 0) is 32.6 Å². The molecule has 1 atom stereocenters. The standard InChI is InChI=1S/C34H36ClN3O4S/c1-4-36-34(40)32(21-27-14-7-5-8-15-27)37(23-28-16-12-11-13-25(28)2)33(39)24-38(29-20-19-26(3)31(35)22-29)43(41,42)30-17-9-6-10-18-30/h5-20,22,32H,4,21,23-24H2,1-3H3,(H,36,40)/t32-/m0/s1. The summed E-state index contributed by atoms with van der Waals surface area (Å²) >= 11 is 6.43. The minimum absolute atomic E-state index is 0.0366. The third-order valence-corrected chi connectivity index (χ3v) is 9.47. The second kappa shape index (κ2) is 14.4. The van der Waals surface area contributed by atoms with Crippen LogP contribution in [0.4, 0.5) is 5.69 Å². The minimum Gasteiger partial charge on any atom is -0.355 e. The van der Waals surface area contributed by atoms with Gasteiger partial charge in [-0.15, -0.1) is 0 Å². The lowest BCUT2D eigenvalue weighted by Gasteiger charge is -2.34. The number of anilines is 1. The van der Waals surface area contributed by atoms with Gasteiger partial charge >= 0.3 is 0 Å². The van der Waals surface area contributed by atoms with E-state index in [2.05, 4.69) is 5.32 Å². The third kappa shape index (κ3) is 7.83. The number of amides is 2. The van der Waals surface area contributed by atoms with Crippen molar-refractivity contribution >= 4 is 39.1 Å². The van der Waals surface area contributed by atoms with E-state index in [-0.39, 0.29) is 29.5 Å². The van der Waals surface area contributed by atoms with Crippen molar-refractivity contribution in [1.82, 2.24) is 10.2 Å². The van der Waals surface area contributed by atoms with E-state index >= 15 is 0 Å². The van der Waals surface area contributed by atoms with Crippen molar-refractivity contribution in [3.63, 3.8) is 0 Å². The molecule has 2 amide bonds. The Morgan fingerprint density at radius 1 is 0.837 bits per heavy atom. The zero-order valence-electron chi connectivity index (χ0n) is 24.5. The highest BCUT2D eigenvalue weighted by Gasteiger charge is 2.34. The largest absolute Gasteiger partial charge is 0.355 e. The summed E-state index contributed by atoms with van der Waals surface area (Å²) in [5, 5.41) is 3.25. The van der Waals surface area contributed by atoms with E-state index in [0.29, 0.717) is 11.6 Å². The number of rotatable bonds is 12. The highest BCUT2D eigenvalue weighted by Crippen LogP contribution is 2.29. The second-order valence-corrected chi connectivity index (χ2v) is 12.6. The summed E-state index contributed by atoms with van der Waals surface area (Å²) < 4.78 is 29.1. The maximum Gasteiger partial charge on any atom is 0.264 e. The Kier molecular flexibility index (Phi) is 10.6. The number of nitrogens with one attached hydrogen (secondary N) is 1. The predicted octanol–water partition coefficient (Wildman–Crippen LogP) is 5.93. The quantitative estimate of drug-likeness (QED) is 0.214. The molecule has 43 heavy (non-hydrogen) atoms. The Hall–Kier alpha value is -4.14. The summed E-state index contributed by atoms with van der Waals surface area (Å²) in [5.41, 5.74) is 3.71. The molecular formula is C34H36ClN3O4S. The molecule has 7 nitrogen and oxygen atoms in total. The number of sulfonamides is 1. The molecule has 0 bridgehead atoms. The van der Waals surface area contributed by atoms with E-state index in [1.165, 1.54) is 17.0 Å². The summed E-state index contributed by atoms with van der Waals surface area (Å²) in [5.74, 6) is -0.837. The highest BCUT2D eigenvalue weighted by atomic mass is 35.5. The molecule has 0 aliphatic rings. The zero-order chi connectivity index (χ0) is 31.0. The Balaban J connectivity index is 1.81. The van der Waals surface area contributed by atoms with Crippen LogP contribution < -0.4 is 9.62 Å². The van der Waals surface area contributed by atoms with Crippen molar-refractivity contribution in [1.29, 1.82) is 0 Å². The van der Waals surface area contributed by atoms with Crippen molar-refractivity contribution < 1.29 is 18.0 Å². The summed E-state index contributed by atoms with van der Waals surface area (Å²) in [4.78, 5) is 29.5. The van der Waals surface area contributed by atoms with Gasteiger partial charge < -0.3 is 10.2 Å². The summed E-state index contributed by atoms with van der Waals surface area (Å²) in [6.07, 6.45) is 0.256. The van der Waals surface area contributed by atoms with Gasteiger partial charge in [0.05, 0.1) is 10.6 Å². The van der Waals surface area contributed by atoms with Crippen molar-refractivity contribution in [2.45, 2.75) is 44.7 Å². The van der Waals surface area contributed by atoms with Crippen molar-refractivity contribution in [2.75, 3.05) is 17.4 Å². The molecule has 0 saturated heterocycles. The van der Waals surface area contributed by atoms with Gasteiger partial charge in [-0.2, -0.15) is 0 Å². The smallest absolute Gasteiger partial charge is 0.264 e.